The molecule has 0 fully saturated rings. The molecule has 3 N–H and O–H groups in total. The monoisotopic (exact) mass is 813 g/mol. The molecular formula is C27H33FeI2N7O3. The van der Waals surface area contributed by atoms with Crippen LogP contribution in [0.2, 0.25) is 0 Å². The van der Waals surface area contributed by atoms with E-state index < -0.39 is 0 Å². The van der Waals surface area contributed by atoms with Crippen molar-refractivity contribution in [2.45, 2.75) is 19.8 Å². The van der Waals surface area contributed by atoms with Crippen LogP contribution in [0.5, 0.6) is 0 Å². The van der Waals surface area contributed by atoms with Gasteiger partial charge in [-0.1, -0.05) is 18.2 Å². The van der Waals surface area contributed by atoms with Crippen LogP contribution in [0, 0.1) is 0 Å². The average Bonchev–Trinajstić information content (AvgIpc) is 2.95. The summed E-state index contributed by atoms with van der Waals surface area (Å²) in [6, 6.07) is 16.4. The Morgan fingerprint density at radius 2 is 0.850 bits per heavy atom. The summed E-state index contributed by atoms with van der Waals surface area (Å²) in [5, 5.41) is 27.7. The predicted molar refractivity (Wildman–Crippen MR) is 144 cm³/mol. The van der Waals surface area contributed by atoms with Gasteiger partial charge in [-0.3, -0.25) is 19.9 Å². The third-order valence-electron chi connectivity index (χ3n) is 5.28. The molecule has 0 saturated carbocycles. The number of hydrogen-bond acceptors (Lipinski definition) is 10. The Bertz CT molecular complexity index is 1060. The molecule has 0 aliphatic rings. The van der Waals surface area contributed by atoms with Crippen molar-refractivity contribution in [3.8, 4) is 0 Å². The van der Waals surface area contributed by atoms with Gasteiger partial charge in [0.2, 0.25) is 0 Å². The van der Waals surface area contributed by atoms with Crippen LogP contribution in [0.3, 0.4) is 0 Å². The number of aromatic nitrogens is 3. The molecule has 3 aromatic heterocycles. The van der Waals surface area contributed by atoms with E-state index in [-0.39, 0.29) is 84.8 Å². The van der Waals surface area contributed by atoms with E-state index in [1.807, 2.05) is 36.4 Å². The van der Waals surface area contributed by atoms with Crippen molar-refractivity contribution >= 4 is 18.6 Å². The summed E-state index contributed by atoms with van der Waals surface area (Å²) in [6.45, 7) is 3.60. The van der Waals surface area contributed by atoms with Crippen LogP contribution in [-0.4, -0.2) is 93.1 Å². The van der Waals surface area contributed by atoms with Crippen LogP contribution < -0.4 is 48.0 Å². The molecular weight excluding hydrogens is 780 g/mol. The van der Waals surface area contributed by atoms with Gasteiger partial charge in [-0.15, -0.1) is 0 Å². The second-order valence-corrected chi connectivity index (χ2v) is 8.08. The topological polar surface area (TPSA) is 140 Å². The fraction of sp³-hybridized carbons (Fsp3) is 0.333. The van der Waals surface area contributed by atoms with Crippen LogP contribution in [0.15, 0.2) is 69.6 Å². The van der Waals surface area contributed by atoms with Crippen molar-refractivity contribution in [3.63, 3.8) is 0 Å². The number of halogens is 2. The van der Waals surface area contributed by atoms with E-state index >= 15 is 0 Å². The van der Waals surface area contributed by atoms with Gasteiger partial charge in [-0.2, -0.15) is 0 Å². The molecule has 40 heavy (non-hydrogen) atoms. The quantitative estimate of drug-likeness (QED) is 0.0798. The molecule has 10 nitrogen and oxygen atoms in total. The summed E-state index contributed by atoms with van der Waals surface area (Å²) in [7, 11) is 0. The maximum atomic E-state index is 9.24. The molecule has 0 spiro atoms. The Morgan fingerprint density at radius 1 is 0.550 bits per heavy atom. The van der Waals surface area contributed by atoms with Gasteiger partial charge in [-0.25, -0.2) is 15.0 Å². The van der Waals surface area contributed by atoms with Crippen LogP contribution in [-0.2, 0) is 36.9 Å². The average molecular weight is 813 g/mol. The van der Waals surface area contributed by atoms with E-state index in [0.717, 1.165) is 19.6 Å². The Hall–Kier alpha value is -1.72. The minimum absolute atomic E-state index is 0. The van der Waals surface area contributed by atoms with Crippen molar-refractivity contribution in [3.05, 3.63) is 88.8 Å². The van der Waals surface area contributed by atoms with E-state index in [2.05, 4.69) is 34.8 Å². The number of rotatable bonds is 15. The number of aliphatic hydroxyl groups is 3. The van der Waals surface area contributed by atoms with Gasteiger partial charge >= 0.3 is 17.1 Å². The standard InChI is InChI=1S/C27H33N7O3.Fe.2HI/c35-19-25-7-1-4-22(31-25)16-28-10-13-34(14-11-29-17-23-5-2-8-26(20-36)32-23)15-12-30-18-24-6-3-9-27(21-37)33-24;;;/h1-9,16-18,35-37H,10-15,19-21H2;;2*1H/q;+2;;/p-2. The fourth-order valence-corrected chi connectivity index (χ4v) is 3.38. The van der Waals surface area contributed by atoms with Gasteiger partial charge < -0.3 is 63.3 Å². The van der Waals surface area contributed by atoms with Gasteiger partial charge in [0, 0.05) is 38.3 Å². The first-order valence-electron chi connectivity index (χ1n) is 12.1. The predicted octanol–water partition coefficient (Wildman–Crippen LogP) is -4.69. The van der Waals surface area contributed by atoms with Crippen molar-refractivity contribution in [1.82, 2.24) is 19.9 Å². The van der Waals surface area contributed by atoms with Crippen molar-refractivity contribution < 1.29 is 80.3 Å². The van der Waals surface area contributed by atoms with Crippen LogP contribution >= 0.6 is 0 Å². The fourth-order valence-electron chi connectivity index (χ4n) is 3.38. The Balaban J connectivity index is 0.00000507. The first-order valence-corrected chi connectivity index (χ1v) is 12.1. The van der Waals surface area contributed by atoms with Crippen molar-refractivity contribution in [2.75, 3.05) is 39.3 Å². The Kier molecular flexibility index (Phi) is 21.9. The third-order valence-corrected chi connectivity index (χ3v) is 5.28. The molecule has 3 rings (SSSR count). The minimum Gasteiger partial charge on any atom is -1.00 e. The molecule has 0 aromatic carbocycles. The zero-order valence-corrected chi connectivity index (χ0v) is 27.3. The maximum Gasteiger partial charge on any atom is 2.00 e. The molecule has 0 bridgehead atoms. The van der Waals surface area contributed by atoms with E-state index in [1.54, 1.807) is 36.8 Å². The van der Waals surface area contributed by atoms with Gasteiger partial charge in [0.1, 0.15) is 0 Å². The zero-order chi connectivity index (χ0) is 26.1. The molecule has 13 heteroatoms. The first-order chi connectivity index (χ1) is 18.2. The number of hydrogen-bond donors (Lipinski definition) is 3. The molecule has 216 valence electrons. The molecule has 0 aliphatic carbocycles. The number of pyridine rings is 3. The molecule has 0 atom stereocenters. The van der Waals surface area contributed by atoms with Gasteiger partial charge in [0.05, 0.1) is 73.6 Å². The molecule has 0 amide bonds. The summed E-state index contributed by atoms with van der Waals surface area (Å²) >= 11 is 0. The molecule has 0 aliphatic heterocycles. The van der Waals surface area contributed by atoms with E-state index in [4.69, 9.17) is 0 Å². The molecule has 3 aromatic rings. The first kappa shape index (κ1) is 38.3. The van der Waals surface area contributed by atoms with Crippen LogP contribution in [0.4, 0.5) is 0 Å². The largest absolute Gasteiger partial charge is 2.00 e. The van der Waals surface area contributed by atoms with Gasteiger partial charge in [0.15, 0.2) is 0 Å². The molecule has 0 radical (unpaired) electrons. The smallest absolute Gasteiger partial charge is 1.00 e. The van der Waals surface area contributed by atoms with E-state index in [9.17, 15) is 15.3 Å². The van der Waals surface area contributed by atoms with Gasteiger partial charge in [-0.05, 0) is 36.4 Å². The summed E-state index contributed by atoms with van der Waals surface area (Å²) in [4.78, 5) is 28.7. The second-order valence-electron chi connectivity index (χ2n) is 8.08. The minimum atomic E-state index is -0.101. The van der Waals surface area contributed by atoms with Crippen molar-refractivity contribution in [1.29, 1.82) is 0 Å². The molecule has 0 unspecified atom stereocenters. The normalized spacial score (nSPS) is 11.1. The molecule has 0 saturated heterocycles. The van der Waals surface area contributed by atoms with E-state index in [1.165, 1.54) is 0 Å². The van der Waals surface area contributed by atoms with Crippen LogP contribution in [0.25, 0.3) is 0 Å². The SMILES string of the molecule is OCc1cccc(C=NCCN(CCN=Cc2cccc(CO)n2)CCN=Cc2cccc(CO)n2)n1.[Fe+2].[I-].[I-]. The Labute approximate surface area is 279 Å². The summed E-state index contributed by atoms with van der Waals surface area (Å²) in [6.07, 6.45) is 5.15. The molecule has 3 heterocycles. The van der Waals surface area contributed by atoms with Crippen LogP contribution in [0.1, 0.15) is 34.2 Å². The number of aliphatic hydroxyl groups excluding tert-OH is 3. The van der Waals surface area contributed by atoms with E-state index in [0.29, 0.717) is 53.8 Å². The Morgan fingerprint density at radius 3 is 1.12 bits per heavy atom. The summed E-state index contributed by atoms with van der Waals surface area (Å²) in [5.74, 6) is 0. The number of aliphatic imine (C=N–C) groups is 3. The summed E-state index contributed by atoms with van der Waals surface area (Å²) < 4.78 is 0. The maximum absolute atomic E-state index is 9.24. The van der Waals surface area contributed by atoms with Gasteiger partial charge in [0.25, 0.3) is 0 Å². The number of nitrogens with zero attached hydrogens (tertiary/aromatic N) is 7. The summed E-state index contributed by atoms with van der Waals surface area (Å²) in [5.41, 5.74) is 3.96. The third kappa shape index (κ3) is 14.8. The van der Waals surface area contributed by atoms with Crippen molar-refractivity contribution in [2.24, 2.45) is 15.0 Å². The zero-order valence-electron chi connectivity index (χ0n) is 21.9. The second kappa shape index (κ2) is 22.9.